The zero-order chi connectivity index (χ0) is 12.4. The number of aliphatic hydroxyl groups is 1. The van der Waals surface area contributed by atoms with E-state index in [-0.39, 0.29) is 16.8 Å². The fourth-order valence-electron chi connectivity index (χ4n) is 1.82. The van der Waals surface area contributed by atoms with Gasteiger partial charge in [0.15, 0.2) is 0 Å². The Hall–Kier alpha value is -1.17. The highest BCUT2D eigenvalue weighted by Crippen LogP contribution is 2.25. The van der Waals surface area contributed by atoms with Gasteiger partial charge in [-0.05, 0) is 24.5 Å². The molecule has 0 bridgehead atoms. The number of aliphatic hydroxyl groups excluding tert-OH is 1. The van der Waals surface area contributed by atoms with Gasteiger partial charge in [-0.25, -0.2) is 0 Å². The molecule has 0 saturated heterocycles. The van der Waals surface area contributed by atoms with E-state index in [0.29, 0.717) is 12.6 Å². The molecule has 1 fully saturated rings. The van der Waals surface area contributed by atoms with Crippen molar-refractivity contribution in [1.82, 2.24) is 5.32 Å². The third-order valence-corrected chi connectivity index (χ3v) is 3.23. The van der Waals surface area contributed by atoms with Gasteiger partial charge in [-0.2, -0.15) is 0 Å². The van der Waals surface area contributed by atoms with Crippen molar-refractivity contribution >= 4 is 17.3 Å². The van der Waals surface area contributed by atoms with Crippen LogP contribution in [0.1, 0.15) is 18.4 Å². The second-order valence-corrected chi connectivity index (χ2v) is 4.65. The molecule has 1 aromatic carbocycles. The van der Waals surface area contributed by atoms with E-state index in [1.807, 2.05) is 0 Å². The Morgan fingerprint density at radius 2 is 2.24 bits per heavy atom. The maximum absolute atomic E-state index is 10.7. The topological polar surface area (TPSA) is 75.4 Å². The minimum atomic E-state index is -0.487. The SMILES string of the molecule is O=[N+]([O-])c1cc(CNC2CC(O)C2)ccc1Cl. The van der Waals surface area contributed by atoms with Gasteiger partial charge in [-0.15, -0.1) is 0 Å². The van der Waals surface area contributed by atoms with Crippen LogP contribution in [0.25, 0.3) is 0 Å². The second-order valence-electron chi connectivity index (χ2n) is 4.25. The van der Waals surface area contributed by atoms with E-state index in [4.69, 9.17) is 16.7 Å². The summed E-state index contributed by atoms with van der Waals surface area (Å²) in [6, 6.07) is 5.08. The Morgan fingerprint density at radius 1 is 1.53 bits per heavy atom. The minimum Gasteiger partial charge on any atom is -0.393 e. The molecule has 0 atom stereocenters. The van der Waals surface area contributed by atoms with Crippen molar-refractivity contribution in [1.29, 1.82) is 0 Å². The number of nitrogens with one attached hydrogen (secondary N) is 1. The van der Waals surface area contributed by atoms with Crippen molar-refractivity contribution in [3.63, 3.8) is 0 Å². The molecule has 0 unspecified atom stereocenters. The first-order chi connectivity index (χ1) is 8.06. The molecule has 17 heavy (non-hydrogen) atoms. The Kier molecular flexibility index (Phi) is 3.61. The molecule has 1 aliphatic rings. The van der Waals surface area contributed by atoms with Gasteiger partial charge in [0.25, 0.3) is 5.69 Å². The highest BCUT2D eigenvalue weighted by Gasteiger charge is 2.26. The molecular formula is C11H13ClN2O3. The molecule has 0 aromatic heterocycles. The van der Waals surface area contributed by atoms with Crippen LogP contribution in [0.5, 0.6) is 0 Å². The van der Waals surface area contributed by atoms with Gasteiger partial charge in [0.2, 0.25) is 0 Å². The van der Waals surface area contributed by atoms with Crippen LogP contribution in [0.2, 0.25) is 5.02 Å². The first-order valence-electron chi connectivity index (χ1n) is 5.40. The number of halogens is 1. The number of nitrogens with zero attached hydrogens (tertiary/aromatic N) is 1. The van der Waals surface area contributed by atoms with Crippen LogP contribution in [0, 0.1) is 10.1 Å². The quantitative estimate of drug-likeness (QED) is 0.637. The summed E-state index contributed by atoms with van der Waals surface area (Å²) in [7, 11) is 0. The van der Waals surface area contributed by atoms with Crippen LogP contribution in [-0.2, 0) is 6.54 Å². The highest BCUT2D eigenvalue weighted by atomic mass is 35.5. The summed E-state index contributed by atoms with van der Waals surface area (Å²) in [5.41, 5.74) is 0.752. The van der Waals surface area contributed by atoms with Crippen LogP contribution in [0.3, 0.4) is 0 Å². The minimum absolute atomic E-state index is 0.0698. The lowest BCUT2D eigenvalue weighted by molar-refractivity contribution is -0.384. The summed E-state index contributed by atoms with van der Waals surface area (Å²) < 4.78 is 0. The zero-order valence-corrected chi connectivity index (χ0v) is 9.85. The van der Waals surface area contributed by atoms with Crippen LogP contribution in [0.15, 0.2) is 18.2 Å². The molecule has 0 radical (unpaired) electrons. The summed E-state index contributed by atoms with van der Waals surface area (Å²) in [5.74, 6) is 0. The molecule has 92 valence electrons. The molecule has 2 rings (SSSR count). The first-order valence-corrected chi connectivity index (χ1v) is 5.78. The van der Waals surface area contributed by atoms with Gasteiger partial charge >= 0.3 is 0 Å². The summed E-state index contributed by atoms with van der Waals surface area (Å²) in [4.78, 5) is 10.2. The molecule has 1 aromatic rings. The lowest BCUT2D eigenvalue weighted by atomic mass is 9.89. The van der Waals surface area contributed by atoms with Gasteiger partial charge in [0.05, 0.1) is 11.0 Å². The van der Waals surface area contributed by atoms with Crippen molar-refractivity contribution in [3.8, 4) is 0 Å². The van der Waals surface area contributed by atoms with Crippen molar-refractivity contribution in [3.05, 3.63) is 38.9 Å². The van der Waals surface area contributed by atoms with Crippen LogP contribution < -0.4 is 5.32 Å². The number of hydrogen-bond donors (Lipinski definition) is 2. The number of rotatable bonds is 4. The maximum atomic E-state index is 10.7. The van der Waals surface area contributed by atoms with Crippen molar-refractivity contribution in [2.24, 2.45) is 0 Å². The Bertz CT molecular complexity index is 433. The lowest BCUT2D eigenvalue weighted by Gasteiger charge is -2.32. The number of nitro benzene ring substituents is 1. The Labute approximate surface area is 104 Å². The molecule has 6 heteroatoms. The van der Waals surface area contributed by atoms with E-state index < -0.39 is 4.92 Å². The van der Waals surface area contributed by atoms with Gasteiger partial charge in [-0.3, -0.25) is 10.1 Å². The molecule has 5 nitrogen and oxygen atoms in total. The third kappa shape index (κ3) is 2.94. The normalized spacial score (nSPS) is 23.2. The van der Waals surface area contributed by atoms with E-state index in [2.05, 4.69) is 5.32 Å². The highest BCUT2D eigenvalue weighted by molar-refractivity contribution is 6.32. The molecule has 0 aliphatic heterocycles. The summed E-state index contributed by atoms with van der Waals surface area (Å²) >= 11 is 5.72. The first kappa shape index (κ1) is 12.3. The van der Waals surface area contributed by atoms with E-state index in [0.717, 1.165) is 18.4 Å². The molecule has 1 saturated carbocycles. The van der Waals surface area contributed by atoms with Crippen molar-refractivity contribution in [2.45, 2.75) is 31.5 Å². The molecular weight excluding hydrogens is 244 g/mol. The monoisotopic (exact) mass is 256 g/mol. The van der Waals surface area contributed by atoms with E-state index >= 15 is 0 Å². The van der Waals surface area contributed by atoms with Crippen molar-refractivity contribution < 1.29 is 10.0 Å². The number of benzene rings is 1. The maximum Gasteiger partial charge on any atom is 0.288 e. The van der Waals surface area contributed by atoms with Gasteiger partial charge in [0.1, 0.15) is 5.02 Å². The van der Waals surface area contributed by atoms with E-state index in [1.54, 1.807) is 6.07 Å². The third-order valence-electron chi connectivity index (χ3n) is 2.92. The fraction of sp³-hybridized carbons (Fsp3) is 0.455. The largest absolute Gasteiger partial charge is 0.393 e. The summed E-state index contributed by atoms with van der Waals surface area (Å²) in [5, 5.41) is 23.2. The second kappa shape index (κ2) is 5.00. The number of hydrogen-bond acceptors (Lipinski definition) is 4. The molecule has 0 heterocycles. The van der Waals surface area contributed by atoms with Crippen molar-refractivity contribution in [2.75, 3.05) is 0 Å². The summed E-state index contributed by atoms with van der Waals surface area (Å²) in [6.45, 7) is 0.551. The van der Waals surface area contributed by atoms with Crippen LogP contribution in [0.4, 0.5) is 5.69 Å². The standard InChI is InChI=1S/C11H13ClN2O3/c12-10-2-1-7(3-11(10)14(16)17)6-13-8-4-9(15)5-8/h1-3,8-9,13,15H,4-6H2. The van der Waals surface area contributed by atoms with Gasteiger partial charge < -0.3 is 10.4 Å². The lowest BCUT2D eigenvalue weighted by Crippen LogP contribution is -2.43. The van der Waals surface area contributed by atoms with Gasteiger partial charge in [0, 0.05) is 18.7 Å². The van der Waals surface area contributed by atoms with Crippen LogP contribution in [-0.4, -0.2) is 22.2 Å². The Morgan fingerprint density at radius 3 is 2.82 bits per heavy atom. The molecule has 0 amide bonds. The predicted octanol–water partition coefficient (Wildman–Crippen LogP) is 1.86. The molecule has 2 N–H and O–H groups in total. The predicted molar refractivity (Wildman–Crippen MR) is 64.0 cm³/mol. The summed E-state index contributed by atoms with van der Waals surface area (Å²) in [6.07, 6.45) is 1.29. The molecule has 0 spiro atoms. The molecule has 1 aliphatic carbocycles. The van der Waals surface area contributed by atoms with Crippen LogP contribution >= 0.6 is 11.6 Å². The van der Waals surface area contributed by atoms with E-state index in [1.165, 1.54) is 12.1 Å². The van der Waals surface area contributed by atoms with E-state index in [9.17, 15) is 10.1 Å². The average molecular weight is 257 g/mol. The fourth-order valence-corrected chi connectivity index (χ4v) is 2.01. The van der Waals surface area contributed by atoms with Gasteiger partial charge in [-0.1, -0.05) is 17.7 Å². The average Bonchev–Trinajstić information content (AvgIpc) is 2.24. The smallest absolute Gasteiger partial charge is 0.288 e. The zero-order valence-electron chi connectivity index (χ0n) is 9.10. The Balaban J connectivity index is 1.97. The number of nitro groups is 1.